The van der Waals surface area contributed by atoms with Crippen molar-refractivity contribution in [2.24, 2.45) is 5.73 Å². The van der Waals surface area contributed by atoms with Gasteiger partial charge in [-0.2, -0.15) is 13.2 Å². The molecule has 0 heterocycles. The van der Waals surface area contributed by atoms with Crippen molar-refractivity contribution >= 4 is 5.84 Å². The van der Waals surface area contributed by atoms with Crippen molar-refractivity contribution in [2.75, 3.05) is 0 Å². The van der Waals surface area contributed by atoms with E-state index in [2.05, 4.69) is 5.73 Å². The number of hydrogen-bond acceptors (Lipinski definition) is 2. The van der Waals surface area contributed by atoms with Crippen LogP contribution in [0.2, 0.25) is 0 Å². The van der Waals surface area contributed by atoms with Gasteiger partial charge in [-0.05, 0) is 0 Å². The van der Waals surface area contributed by atoms with E-state index in [4.69, 9.17) is 10.5 Å². The van der Waals surface area contributed by atoms with Gasteiger partial charge < -0.3 is 10.8 Å². The summed E-state index contributed by atoms with van der Waals surface area (Å²) in [6.45, 7) is 0. The fourth-order valence-corrected chi connectivity index (χ4v) is 0.176. The number of alkyl halides is 3. The number of aliphatic hydroxyl groups is 1. The van der Waals surface area contributed by atoms with Crippen LogP contribution in [0, 0.1) is 5.41 Å². The summed E-state index contributed by atoms with van der Waals surface area (Å²) in [7, 11) is 0. The third-order valence-electron chi connectivity index (χ3n) is 0.605. The van der Waals surface area contributed by atoms with Crippen LogP contribution in [-0.2, 0) is 0 Å². The summed E-state index contributed by atoms with van der Waals surface area (Å²) < 4.78 is 33.7. The van der Waals surface area contributed by atoms with E-state index in [1.54, 1.807) is 0 Å². The Bertz CT molecular complexity index is 121. The molecule has 0 amide bonds. The first-order valence-corrected chi connectivity index (χ1v) is 1.94. The van der Waals surface area contributed by atoms with Crippen LogP contribution in [0.3, 0.4) is 0 Å². The molecule has 0 aliphatic rings. The van der Waals surface area contributed by atoms with Gasteiger partial charge in [0.2, 0.25) is 6.10 Å². The van der Waals surface area contributed by atoms with E-state index in [0.29, 0.717) is 0 Å². The van der Waals surface area contributed by atoms with Crippen molar-refractivity contribution in [3.05, 3.63) is 0 Å². The molecular formula is C3H5F3N2O. The normalized spacial score (nSPS) is 15.1. The van der Waals surface area contributed by atoms with Crippen molar-refractivity contribution in [2.45, 2.75) is 12.3 Å². The Balaban J connectivity index is 4.04. The van der Waals surface area contributed by atoms with Crippen LogP contribution in [0.1, 0.15) is 0 Å². The fourth-order valence-electron chi connectivity index (χ4n) is 0.176. The van der Waals surface area contributed by atoms with E-state index in [9.17, 15) is 13.2 Å². The van der Waals surface area contributed by atoms with E-state index in [1.807, 2.05) is 0 Å². The Morgan fingerprint density at radius 2 is 1.89 bits per heavy atom. The molecule has 3 nitrogen and oxygen atoms in total. The summed E-state index contributed by atoms with van der Waals surface area (Å²) >= 11 is 0. The largest absolute Gasteiger partial charge is 0.421 e. The number of hydrogen-bond donors (Lipinski definition) is 3. The van der Waals surface area contributed by atoms with Crippen LogP contribution in [0.4, 0.5) is 13.2 Å². The van der Waals surface area contributed by atoms with E-state index >= 15 is 0 Å². The van der Waals surface area contributed by atoms with Gasteiger partial charge in [-0.1, -0.05) is 0 Å². The third kappa shape index (κ3) is 2.31. The minimum Gasteiger partial charge on any atom is -0.385 e. The number of amidine groups is 1. The van der Waals surface area contributed by atoms with Crippen molar-refractivity contribution in [1.82, 2.24) is 0 Å². The number of rotatable bonds is 1. The maximum absolute atomic E-state index is 11.2. The molecule has 6 heteroatoms. The lowest BCUT2D eigenvalue weighted by molar-refractivity contribution is -0.181. The van der Waals surface area contributed by atoms with Gasteiger partial charge in [0.05, 0.1) is 0 Å². The standard InChI is InChI=1S/C3H5F3N2O/c4-3(5,6)1(9)2(7)8/h1,9H,(H3,7,8). The molecule has 1 atom stereocenters. The highest BCUT2D eigenvalue weighted by Gasteiger charge is 2.40. The summed E-state index contributed by atoms with van der Waals surface area (Å²) in [5.74, 6) is -1.29. The van der Waals surface area contributed by atoms with Gasteiger partial charge in [-0.25, -0.2) is 0 Å². The highest BCUT2D eigenvalue weighted by Crippen LogP contribution is 2.19. The van der Waals surface area contributed by atoms with Crippen molar-refractivity contribution in [1.29, 1.82) is 5.41 Å². The molecule has 4 N–H and O–H groups in total. The Hall–Kier alpha value is -0.780. The van der Waals surface area contributed by atoms with E-state index < -0.39 is 18.1 Å². The fraction of sp³-hybridized carbons (Fsp3) is 0.667. The maximum Gasteiger partial charge on any atom is 0.421 e. The summed E-state index contributed by atoms with van der Waals surface area (Å²) in [6, 6.07) is 0. The van der Waals surface area contributed by atoms with Gasteiger partial charge in [0, 0.05) is 0 Å². The molecule has 0 aliphatic heterocycles. The predicted molar refractivity (Wildman–Crippen MR) is 24.0 cm³/mol. The van der Waals surface area contributed by atoms with E-state index in [0.717, 1.165) is 0 Å². The molecule has 0 aromatic rings. The molecule has 9 heavy (non-hydrogen) atoms. The molecule has 0 fully saturated rings. The molecule has 1 unspecified atom stereocenters. The first kappa shape index (κ1) is 8.22. The average molecular weight is 142 g/mol. The first-order chi connectivity index (χ1) is 3.85. The number of nitrogens with two attached hydrogens (primary N) is 1. The molecule has 0 radical (unpaired) electrons. The van der Waals surface area contributed by atoms with Gasteiger partial charge in [-0.3, -0.25) is 5.41 Å². The Kier molecular flexibility index (Phi) is 2.03. The molecular weight excluding hydrogens is 137 g/mol. The lowest BCUT2D eigenvalue weighted by atomic mass is 10.3. The summed E-state index contributed by atoms with van der Waals surface area (Å²) in [5, 5.41) is 14.2. The van der Waals surface area contributed by atoms with Crippen molar-refractivity contribution < 1.29 is 18.3 Å². The van der Waals surface area contributed by atoms with Gasteiger partial charge in [0.15, 0.2) is 0 Å². The smallest absolute Gasteiger partial charge is 0.385 e. The van der Waals surface area contributed by atoms with Crippen LogP contribution in [0.5, 0.6) is 0 Å². The second-order valence-electron chi connectivity index (χ2n) is 1.40. The van der Waals surface area contributed by atoms with Crippen LogP contribution in [-0.4, -0.2) is 23.2 Å². The van der Waals surface area contributed by atoms with Crippen LogP contribution in [0.25, 0.3) is 0 Å². The molecule has 0 aromatic heterocycles. The molecule has 0 bridgehead atoms. The van der Waals surface area contributed by atoms with Crippen LogP contribution in [0.15, 0.2) is 0 Å². The summed E-state index contributed by atoms with van der Waals surface area (Å²) in [4.78, 5) is 0. The predicted octanol–water partition coefficient (Wildman–Crippen LogP) is -0.154. The zero-order valence-corrected chi connectivity index (χ0v) is 4.24. The van der Waals surface area contributed by atoms with Gasteiger partial charge >= 0.3 is 6.18 Å². The van der Waals surface area contributed by atoms with Gasteiger partial charge in [0.25, 0.3) is 0 Å². The lowest BCUT2D eigenvalue weighted by Gasteiger charge is -2.11. The van der Waals surface area contributed by atoms with Crippen molar-refractivity contribution in [3.63, 3.8) is 0 Å². The summed E-state index contributed by atoms with van der Waals surface area (Å²) in [5.41, 5.74) is 4.34. The van der Waals surface area contributed by atoms with Crippen LogP contribution < -0.4 is 5.73 Å². The zero-order chi connectivity index (χ0) is 7.65. The van der Waals surface area contributed by atoms with E-state index in [1.165, 1.54) is 0 Å². The molecule has 54 valence electrons. The second-order valence-corrected chi connectivity index (χ2v) is 1.40. The van der Waals surface area contributed by atoms with Gasteiger partial charge in [0.1, 0.15) is 5.84 Å². The molecule has 0 aromatic carbocycles. The Morgan fingerprint density at radius 3 is 1.89 bits per heavy atom. The highest BCUT2D eigenvalue weighted by molar-refractivity contribution is 5.82. The lowest BCUT2D eigenvalue weighted by Crippen LogP contribution is -2.40. The second kappa shape index (κ2) is 2.22. The molecule has 0 aliphatic carbocycles. The molecule has 0 saturated heterocycles. The van der Waals surface area contributed by atoms with Crippen molar-refractivity contribution in [3.8, 4) is 0 Å². The minimum atomic E-state index is -4.81. The average Bonchev–Trinajstić information content (AvgIpc) is 1.62. The topological polar surface area (TPSA) is 70.1 Å². The first-order valence-electron chi connectivity index (χ1n) is 1.94. The highest BCUT2D eigenvalue weighted by atomic mass is 19.4. The number of nitrogens with one attached hydrogen (secondary N) is 1. The third-order valence-corrected chi connectivity index (χ3v) is 0.605. The number of aliphatic hydroxyl groups excluding tert-OH is 1. The SMILES string of the molecule is N=C(N)C(O)C(F)(F)F. The summed E-state index contributed by atoms with van der Waals surface area (Å²) in [6.07, 6.45) is -7.64. The molecule has 0 rings (SSSR count). The monoisotopic (exact) mass is 142 g/mol. The maximum atomic E-state index is 11.2. The van der Waals surface area contributed by atoms with Gasteiger partial charge in [-0.15, -0.1) is 0 Å². The quantitative estimate of drug-likeness (QED) is 0.352. The Morgan fingerprint density at radius 1 is 1.56 bits per heavy atom. The number of halogens is 3. The molecule has 0 saturated carbocycles. The minimum absolute atomic E-state index is 1.29. The van der Waals surface area contributed by atoms with E-state index in [-0.39, 0.29) is 0 Å². The Labute approximate surface area is 48.8 Å². The zero-order valence-electron chi connectivity index (χ0n) is 4.24. The van der Waals surface area contributed by atoms with Crippen LogP contribution >= 0.6 is 0 Å². The molecule has 0 spiro atoms.